The second-order valence-electron chi connectivity index (χ2n) is 4.74. The highest BCUT2D eigenvalue weighted by Crippen LogP contribution is 2.17. The molecule has 6 heteroatoms. The fourth-order valence-electron chi connectivity index (χ4n) is 2.07. The fraction of sp³-hybridized carbons (Fsp3) is 0.429. The summed E-state index contributed by atoms with van der Waals surface area (Å²) >= 11 is 1.67. The summed E-state index contributed by atoms with van der Waals surface area (Å²) in [5, 5.41) is 9.25. The van der Waals surface area contributed by atoms with E-state index in [1.54, 1.807) is 16.0 Å². The van der Waals surface area contributed by atoms with Crippen LogP contribution in [0, 0.1) is 13.8 Å². The summed E-state index contributed by atoms with van der Waals surface area (Å²) in [7, 11) is 0. The lowest BCUT2D eigenvalue weighted by Gasteiger charge is -2.07. The highest BCUT2D eigenvalue weighted by Gasteiger charge is 2.11. The lowest BCUT2D eigenvalue weighted by atomic mass is 10.2. The van der Waals surface area contributed by atoms with Crippen molar-refractivity contribution < 1.29 is 4.79 Å². The van der Waals surface area contributed by atoms with E-state index in [-0.39, 0.29) is 12.5 Å². The Balaban J connectivity index is 1.94. The van der Waals surface area contributed by atoms with Gasteiger partial charge in [0.2, 0.25) is 5.91 Å². The maximum Gasteiger partial charge on any atom is 0.242 e. The van der Waals surface area contributed by atoms with Crippen LogP contribution in [0.25, 0.3) is 0 Å². The van der Waals surface area contributed by atoms with Gasteiger partial charge in [0.25, 0.3) is 0 Å². The normalized spacial score (nSPS) is 10.8. The number of carbonyl (C=O) groups is 1. The third kappa shape index (κ3) is 3.01. The van der Waals surface area contributed by atoms with E-state index < -0.39 is 0 Å². The number of nitrogens with zero attached hydrogens (tertiary/aromatic N) is 2. The Morgan fingerprint density at radius 2 is 2.25 bits per heavy atom. The largest absolute Gasteiger partial charge is 0.396 e. The lowest BCUT2D eigenvalue weighted by molar-refractivity contribution is -0.122. The Bertz CT molecular complexity index is 615. The molecule has 0 saturated carbocycles. The monoisotopic (exact) mass is 292 g/mol. The molecule has 0 spiro atoms. The molecule has 3 N–H and O–H groups in total. The predicted octanol–water partition coefficient (Wildman–Crippen LogP) is 2.02. The quantitative estimate of drug-likeness (QED) is 0.885. The van der Waals surface area contributed by atoms with Crippen molar-refractivity contribution in [1.82, 2.24) is 15.1 Å². The van der Waals surface area contributed by atoms with Gasteiger partial charge in [-0.3, -0.25) is 9.48 Å². The predicted molar refractivity (Wildman–Crippen MR) is 81.7 cm³/mol. The van der Waals surface area contributed by atoms with Crippen LogP contribution >= 0.6 is 11.3 Å². The average Bonchev–Trinajstić information content (AvgIpc) is 2.97. The van der Waals surface area contributed by atoms with Crippen molar-refractivity contribution in [2.24, 2.45) is 0 Å². The van der Waals surface area contributed by atoms with Gasteiger partial charge in [-0.1, -0.05) is 6.92 Å². The van der Waals surface area contributed by atoms with Crippen LogP contribution in [0.2, 0.25) is 0 Å². The first kappa shape index (κ1) is 14.6. The van der Waals surface area contributed by atoms with Gasteiger partial charge in [-0.25, -0.2) is 0 Å². The van der Waals surface area contributed by atoms with Gasteiger partial charge >= 0.3 is 0 Å². The standard InChI is InChI=1S/C14H20N4OS/c1-4-11-5-6-20-12(11)7-16-13(19)8-18-10(3)14(15)9(2)17-18/h5-6H,4,7-8,15H2,1-3H3,(H,16,19). The maximum atomic E-state index is 12.0. The molecule has 0 bridgehead atoms. The number of aryl methyl sites for hydroxylation is 2. The number of aromatic nitrogens is 2. The van der Waals surface area contributed by atoms with Crippen LogP contribution in [0.3, 0.4) is 0 Å². The van der Waals surface area contributed by atoms with E-state index in [2.05, 4.69) is 28.8 Å². The number of amides is 1. The molecule has 0 atom stereocenters. The number of thiophene rings is 1. The highest BCUT2D eigenvalue weighted by atomic mass is 32.1. The molecular formula is C14H20N4OS. The van der Waals surface area contributed by atoms with Crippen LogP contribution in [0.4, 0.5) is 5.69 Å². The fourth-order valence-corrected chi connectivity index (χ4v) is 2.99. The van der Waals surface area contributed by atoms with Crippen molar-refractivity contribution in [3.05, 3.63) is 33.3 Å². The Kier molecular flexibility index (Phi) is 4.44. The average molecular weight is 292 g/mol. The molecule has 1 amide bonds. The van der Waals surface area contributed by atoms with Gasteiger partial charge in [0, 0.05) is 4.88 Å². The van der Waals surface area contributed by atoms with Gasteiger partial charge in [-0.05, 0) is 37.3 Å². The van der Waals surface area contributed by atoms with E-state index in [4.69, 9.17) is 5.73 Å². The van der Waals surface area contributed by atoms with Crippen molar-refractivity contribution in [2.45, 2.75) is 40.3 Å². The molecule has 5 nitrogen and oxygen atoms in total. The van der Waals surface area contributed by atoms with Crippen molar-refractivity contribution in [3.8, 4) is 0 Å². The molecule has 2 heterocycles. The molecule has 0 fully saturated rings. The topological polar surface area (TPSA) is 72.9 Å². The Hall–Kier alpha value is -1.82. The van der Waals surface area contributed by atoms with Crippen molar-refractivity contribution >= 4 is 22.9 Å². The summed E-state index contributed by atoms with van der Waals surface area (Å²) in [4.78, 5) is 13.2. The van der Waals surface area contributed by atoms with Crippen molar-refractivity contribution in [3.63, 3.8) is 0 Å². The Morgan fingerprint density at radius 3 is 2.85 bits per heavy atom. The van der Waals surface area contributed by atoms with E-state index in [0.717, 1.165) is 17.8 Å². The molecule has 2 aromatic heterocycles. The molecule has 0 saturated heterocycles. The van der Waals surface area contributed by atoms with Crippen molar-refractivity contribution in [2.75, 3.05) is 5.73 Å². The van der Waals surface area contributed by atoms with Gasteiger partial charge in [0.05, 0.1) is 23.6 Å². The van der Waals surface area contributed by atoms with Crippen LogP contribution in [-0.2, 0) is 24.3 Å². The molecule has 0 aliphatic heterocycles. The number of nitrogens with one attached hydrogen (secondary N) is 1. The first-order chi connectivity index (χ1) is 9.52. The molecule has 0 unspecified atom stereocenters. The first-order valence-electron chi connectivity index (χ1n) is 6.64. The molecule has 2 rings (SSSR count). The van der Waals surface area contributed by atoms with Crippen LogP contribution in [0.5, 0.6) is 0 Å². The van der Waals surface area contributed by atoms with Gasteiger partial charge < -0.3 is 11.1 Å². The molecular weight excluding hydrogens is 272 g/mol. The number of anilines is 1. The van der Waals surface area contributed by atoms with Crippen molar-refractivity contribution in [1.29, 1.82) is 0 Å². The molecule has 20 heavy (non-hydrogen) atoms. The third-order valence-corrected chi connectivity index (χ3v) is 4.36. The zero-order valence-corrected chi connectivity index (χ0v) is 12.9. The summed E-state index contributed by atoms with van der Waals surface area (Å²) in [5.74, 6) is -0.0500. The molecule has 108 valence electrons. The summed E-state index contributed by atoms with van der Waals surface area (Å²) in [6.45, 7) is 6.62. The minimum atomic E-state index is -0.0500. The van der Waals surface area contributed by atoms with E-state index in [1.807, 2.05) is 13.8 Å². The molecule has 0 aromatic carbocycles. The van der Waals surface area contributed by atoms with Crippen LogP contribution in [0.15, 0.2) is 11.4 Å². The lowest BCUT2D eigenvalue weighted by Crippen LogP contribution is -2.28. The zero-order valence-electron chi connectivity index (χ0n) is 12.1. The molecule has 2 aromatic rings. The summed E-state index contributed by atoms with van der Waals surface area (Å²) in [6.07, 6.45) is 0.989. The highest BCUT2D eigenvalue weighted by molar-refractivity contribution is 7.10. The van der Waals surface area contributed by atoms with Crippen LogP contribution in [0.1, 0.15) is 28.8 Å². The zero-order chi connectivity index (χ0) is 14.7. The van der Waals surface area contributed by atoms with Gasteiger partial charge in [-0.15, -0.1) is 11.3 Å². The summed E-state index contributed by atoms with van der Waals surface area (Å²) in [5.41, 5.74) is 9.41. The summed E-state index contributed by atoms with van der Waals surface area (Å²) in [6, 6.07) is 2.11. The molecule has 0 aliphatic rings. The van der Waals surface area contributed by atoms with Gasteiger partial charge in [0.15, 0.2) is 0 Å². The van der Waals surface area contributed by atoms with E-state index >= 15 is 0 Å². The number of nitrogen functional groups attached to an aromatic ring is 1. The Morgan fingerprint density at radius 1 is 1.50 bits per heavy atom. The van der Waals surface area contributed by atoms with Crippen LogP contribution in [-0.4, -0.2) is 15.7 Å². The maximum absolute atomic E-state index is 12.0. The Labute approximate surface area is 122 Å². The second kappa shape index (κ2) is 6.09. The summed E-state index contributed by atoms with van der Waals surface area (Å²) < 4.78 is 1.65. The number of hydrogen-bond acceptors (Lipinski definition) is 4. The SMILES string of the molecule is CCc1ccsc1CNC(=O)Cn1nc(C)c(N)c1C. The second-order valence-corrected chi connectivity index (χ2v) is 5.74. The van der Waals surface area contributed by atoms with Gasteiger partial charge in [0.1, 0.15) is 6.54 Å². The minimum Gasteiger partial charge on any atom is -0.396 e. The number of nitrogens with two attached hydrogens (primary N) is 1. The van der Waals surface area contributed by atoms with E-state index in [9.17, 15) is 4.79 Å². The molecule has 0 radical (unpaired) electrons. The number of carbonyl (C=O) groups excluding carboxylic acids is 1. The van der Waals surface area contributed by atoms with Crippen LogP contribution < -0.4 is 11.1 Å². The first-order valence-corrected chi connectivity index (χ1v) is 7.52. The number of hydrogen-bond donors (Lipinski definition) is 2. The smallest absolute Gasteiger partial charge is 0.242 e. The van der Waals surface area contributed by atoms with E-state index in [1.165, 1.54) is 10.4 Å². The minimum absolute atomic E-state index is 0.0500. The number of rotatable bonds is 5. The molecule has 0 aliphatic carbocycles. The van der Waals surface area contributed by atoms with Gasteiger partial charge in [-0.2, -0.15) is 5.10 Å². The third-order valence-electron chi connectivity index (χ3n) is 3.40. The van der Waals surface area contributed by atoms with E-state index in [0.29, 0.717) is 12.2 Å².